The van der Waals surface area contributed by atoms with Crippen molar-refractivity contribution in [3.05, 3.63) is 35.9 Å². The molecule has 1 fully saturated rings. The van der Waals surface area contributed by atoms with E-state index in [-0.39, 0.29) is 12.1 Å². The SMILES string of the molecule is C[C@@H]1CC[C@H]([C@H](O)c2ccccc2)N1. The highest BCUT2D eigenvalue weighted by Crippen LogP contribution is 2.24. The highest BCUT2D eigenvalue weighted by atomic mass is 16.3. The maximum absolute atomic E-state index is 10.1. The smallest absolute Gasteiger partial charge is 0.0943 e. The van der Waals surface area contributed by atoms with Crippen molar-refractivity contribution in [3.63, 3.8) is 0 Å². The van der Waals surface area contributed by atoms with Gasteiger partial charge in [-0.3, -0.25) is 0 Å². The first-order chi connectivity index (χ1) is 6.77. The molecule has 2 rings (SSSR count). The van der Waals surface area contributed by atoms with Crippen LogP contribution in [0.25, 0.3) is 0 Å². The van der Waals surface area contributed by atoms with Gasteiger partial charge in [0.25, 0.3) is 0 Å². The zero-order valence-corrected chi connectivity index (χ0v) is 8.48. The summed E-state index contributed by atoms with van der Waals surface area (Å²) in [6.07, 6.45) is 1.87. The molecule has 2 heteroatoms. The summed E-state index contributed by atoms with van der Waals surface area (Å²) >= 11 is 0. The molecule has 1 heterocycles. The normalized spacial score (nSPS) is 29.0. The monoisotopic (exact) mass is 191 g/mol. The van der Waals surface area contributed by atoms with E-state index in [0.29, 0.717) is 6.04 Å². The molecule has 3 atom stereocenters. The van der Waals surface area contributed by atoms with E-state index in [9.17, 15) is 5.11 Å². The minimum absolute atomic E-state index is 0.229. The summed E-state index contributed by atoms with van der Waals surface area (Å²) in [5.41, 5.74) is 1.01. The average molecular weight is 191 g/mol. The first kappa shape index (κ1) is 9.69. The molecule has 76 valence electrons. The molecule has 1 saturated heterocycles. The lowest BCUT2D eigenvalue weighted by molar-refractivity contribution is 0.135. The quantitative estimate of drug-likeness (QED) is 0.748. The zero-order chi connectivity index (χ0) is 9.97. The summed E-state index contributed by atoms with van der Waals surface area (Å²) in [7, 11) is 0. The maximum atomic E-state index is 10.1. The van der Waals surface area contributed by atoms with Gasteiger partial charge in [-0.15, -0.1) is 0 Å². The Labute approximate surface area is 85.0 Å². The molecule has 0 aromatic heterocycles. The van der Waals surface area contributed by atoms with Gasteiger partial charge in [0.05, 0.1) is 6.10 Å². The Bertz CT molecular complexity index is 286. The summed E-state index contributed by atoms with van der Waals surface area (Å²) in [5.74, 6) is 0. The minimum Gasteiger partial charge on any atom is -0.387 e. The average Bonchev–Trinajstić information content (AvgIpc) is 2.65. The van der Waals surface area contributed by atoms with Crippen LogP contribution in [0.1, 0.15) is 31.4 Å². The number of hydrogen-bond acceptors (Lipinski definition) is 2. The van der Waals surface area contributed by atoms with Crippen LogP contribution < -0.4 is 5.32 Å². The molecule has 1 aromatic rings. The lowest BCUT2D eigenvalue weighted by Crippen LogP contribution is -2.32. The highest BCUT2D eigenvalue weighted by Gasteiger charge is 2.27. The Kier molecular flexibility index (Phi) is 2.85. The van der Waals surface area contributed by atoms with E-state index >= 15 is 0 Å². The second-order valence-electron chi connectivity index (χ2n) is 4.11. The van der Waals surface area contributed by atoms with Crippen LogP contribution in [-0.4, -0.2) is 17.2 Å². The molecule has 2 N–H and O–H groups in total. The van der Waals surface area contributed by atoms with Crippen molar-refractivity contribution in [1.29, 1.82) is 0 Å². The largest absolute Gasteiger partial charge is 0.387 e. The lowest BCUT2D eigenvalue weighted by atomic mass is 10.0. The van der Waals surface area contributed by atoms with E-state index in [1.54, 1.807) is 0 Å². The van der Waals surface area contributed by atoms with E-state index < -0.39 is 0 Å². The highest BCUT2D eigenvalue weighted by molar-refractivity contribution is 5.19. The van der Waals surface area contributed by atoms with Gasteiger partial charge < -0.3 is 10.4 Å². The van der Waals surface area contributed by atoms with Crippen molar-refractivity contribution in [2.75, 3.05) is 0 Å². The second-order valence-corrected chi connectivity index (χ2v) is 4.11. The van der Waals surface area contributed by atoms with Crippen molar-refractivity contribution in [3.8, 4) is 0 Å². The molecule has 1 aliphatic rings. The van der Waals surface area contributed by atoms with Crippen LogP contribution >= 0.6 is 0 Å². The number of nitrogens with one attached hydrogen (secondary N) is 1. The Hall–Kier alpha value is -0.860. The predicted octanol–water partition coefficient (Wildman–Crippen LogP) is 1.86. The Morgan fingerprint density at radius 1 is 1.29 bits per heavy atom. The number of rotatable bonds is 2. The molecule has 0 radical (unpaired) electrons. The molecular weight excluding hydrogens is 174 g/mol. The fourth-order valence-electron chi connectivity index (χ4n) is 2.09. The number of aliphatic hydroxyl groups is 1. The zero-order valence-electron chi connectivity index (χ0n) is 8.48. The Balaban J connectivity index is 2.05. The maximum Gasteiger partial charge on any atom is 0.0943 e. The predicted molar refractivity (Wildman–Crippen MR) is 57.0 cm³/mol. The van der Waals surface area contributed by atoms with Crippen molar-refractivity contribution < 1.29 is 5.11 Å². The van der Waals surface area contributed by atoms with Gasteiger partial charge in [-0.1, -0.05) is 30.3 Å². The third-order valence-electron chi connectivity index (χ3n) is 2.93. The summed E-state index contributed by atoms with van der Waals surface area (Å²) in [5, 5.41) is 13.5. The summed E-state index contributed by atoms with van der Waals surface area (Å²) < 4.78 is 0. The molecule has 0 saturated carbocycles. The molecule has 0 amide bonds. The van der Waals surface area contributed by atoms with Gasteiger partial charge in [-0.25, -0.2) is 0 Å². The molecule has 0 bridgehead atoms. The van der Waals surface area contributed by atoms with E-state index in [1.165, 1.54) is 0 Å². The van der Waals surface area contributed by atoms with Crippen LogP contribution in [0, 0.1) is 0 Å². The van der Waals surface area contributed by atoms with Crippen molar-refractivity contribution in [2.24, 2.45) is 0 Å². The number of benzene rings is 1. The molecule has 1 aliphatic heterocycles. The molecule has 14 heavy (non-hydrogen) atoms. The van der Waals surface area contributed by atoms with Crippen molar-refractivity contribution >= 4 is 0 Å². The molecular formula is C12H17NO. The third-order valence-corrected chi connectivity index (χ3v) is 2.93. The second kappa shape index (κ2) is 4.11. The van der Waals surface area contributed by atoms with Gasteiger partial charge >= 0.3 is 0 Å². The third kappa shape index (κ3) is 1.97. The van der Waals surface area contributed by atoms with Gasteiger partial charge in [0.15, 0.2) is 0 Å². The fourth-order valence-corrected chi connectivity index (χ4v) is 2.09. The van der Waals surface area contributed by atoms with Crippen molar-refractivity contribution in [1.82, 2.24) is 5.32 Å². The van der Waals surface area contributed by atoms with Gasteiger partial charge in [0, 0.05) is 12.1 Å². The summed E-state index contributed by atoms with van der Waals surface area (Å²) in [4.78, 5) is 0. The number of aliphatic hydroxyl groups excluding tert-OH is 1. The van der Waals surface area contributed by atoms with Crippen LogP contribution in [-0.2, 0) is 0 Å². The molecule has 0 spiro atoms. The van der Waals surface area contributed by atoms with Crippen LogP contribution in [0.3, 0.4) is 0 Å². The van der Waals surface area contributed by atoms with Crippen LogP contribution in [0.5, 0.6) is 0 Å². The Morgan fingerprint density at radius 3 is 2.57 bits per heavy atom. The van der Waals surface area contributed by atoms with E-state index in [2.05, 4.69) is 12.2 Å². The number of hydrogen-bond donors (Lipinski definition) is 2. The topological polar surface area (TPSA) is 32.3 Å². The first-order valence-electron chi connectivity index (χ1n) is 5.26. The van der Waals surface area contributed by atoms with Gasteiger partial charge in [0.2, 0.25) is 0 Å². The standard InChI is InChI=1S/C12H17NO/c1-9-7-8-11(13-9)12(14)10-5-3-2-4-6-10/h2-6,9,11-14H,7-8H2,1H3/t9-,11-,12-/m1/s1. The van der Waals surface area contributed by atoms with Gasteiger partial charge in [-0.2, -0.15) is 0 Å². The van der Waals surface area contributed by atoms with Crippen LogP contribution in [0.2, 0.25) is 0 Å². The summed E-state index contributed by atoms with van der Waals surface area (Å²) in [6.45, 7) is 2.16. The van der Waals surface area contributed by atoms with E-state index in [4.69, 9.17) is 0 Å². The molecule has 0 unspecified atom stereocenters. The van der Waals surface area contributed by atoms with E-state index in [0.717, 1.165) is 18.4 Å². The molecule has 0 aliphatic carbocycles. The molecule has 1 aromatic carbocycles. The minimum atomic E-state index is -0.360. The van der Waals surface area contributed by atoms with Crippen LogP contribution in [0.4, 0.5) is 0 Å². The van der Waals surface area contributed by atoms with Gasteiger partial charge in [0.1, 0.15) is 0 Å². The first-order valence-corrected chi connectivity index (χ1v) is 5.26. The Morgan fingerprint density at radius 2 is 2.00 bits per heavy atom. The van der Waals surface area contributed by atoms with Crippen LogP contribution in [0.15, 0.2) is 30.3 Å². The lowest BCUT2D eigenvalue weighted by Gasteiger charge is -2.19. The summed E-state index contributed by atoms with van der Waals surface area (Å²) in [6, 6.07) is 10.6. The fraction of sp³-hybridized carbons (Fsp3) is 0.500. The molecule has 2 nitrogen and oxygen atoms in total. The van der Waals surface area contributed by atoms with Crippen molar-refractivity contribution in [2.45, 2.75) is 38.0 Å². The van der Waals surface area contributed by atoms with E-state index in [1.807, 2.05) is 30.3 Å². The van der Waals surface area contributed by atoms with Gasteiger partial charge in [-0.05, 0) is 25.3 Å².